The average molecular weight is 469 g/mol. The standard InChI is InChI=1S/C27H40N4O3/c1-19-9-7-8-12-21(19)28-26(33)27(2)18-30-22-13-16-34-24(22)17-23(30)25(32)31(27)15-14-29(3)20-10-5-4-6-11-20/h13,16-17,19-21H,4-12,14-15,18H2,1-3H3,(H,28,33). The molecular formula is C27H40N4O3. The molecule has 0 saturated heterocycles. The second-order valence-corrected chi connectivity index (χ2v) is 11.1. The lowest BCUT2D eigenvalue weighted by Crippen LogP contribution is -2.66. The molecule has 0 radical (unpaired) electrons. The highest BCUT2D eigenvalue weighted by atomic mass is 16.3. The number of amides is 2. The van der Waals surface area contributed by atoms with E-state index in [1.165, 1.54) is 38.5 Å². The van der Waals surface area contributed by atoms with Crippen molar-refractivity contribution < 1.29 is 14.0 Å². The average Bonchev–Trinajstić information content (AvgIpc) is 3.43. The Morgan fingerprint density at radius 1 is 1.18 bits per heavy atom. The highest BCUT2D eigenvalue weighted by Crippen LogP contribution is 2.34. The van der Waals surface area contributed by atoms with E-state index in [9.17, 15) is 9.59 Å². The van der Waals surface area contributed by atoms with Crippen LogP contribution < -0.4 is 5.32 Å². The number of aromatic nitrogens is 1. The minimum atomic E-state index is -0.947. The van der Waals surface area contributed by atoms with Gasteiger partial charge in [0.2, 0.25) is 5.91 Å². The van der Waals surface area contributed by atoms with Crippen molar-refractivity contribution in [3.05, 3.63) is 24.1 Å². The van der Waals surface area contributed by atoms with Crippen LogP contribution in [0.25, 0.3) is 11.1 Å². The number of nitrogens with one attached hydrogen (secondary N) is 1. The highest BCUT2D eigenvalue weighted by Gasteiger charge is 2.48. The first-order valence-electron chi connectivity index (χ1n) is 13.3. The molecule has 7 nitrogen and oxygen atoms in total. The summed E-state index contributed by atoms with van der Waals surface area (Å²) in [5.74, 6) is 0.356. The largest absolute Gasteiger partial charge is 0.463 e. The normalized spacial score (nSPS) is 28.5. The van der Waals surface area contributed by atoms with Gasteiger partial charge in [-0.2, -0.15) is 0 Å². The second-order valence-electron chi connectivity index (χ2n) is 11.1. The Kier molecular flexibility index (Phi) is 6.49. The minimum absolute atomic E-state index is 0.0316. The van der Waals surface area contributed by atoms with Gasteiger partial charge >= 0.3 is 0 Å². The summed E-state index contributed by atoms with van der Waals surface area (Å²) in [5, 5.41) is 3.36. The molecule has 2 saturated carbocycles. The van der Waals surface area contributed by atoms with E-state index >= 15 is 0 Å². The summed E-state index contributed by atoms with van der Waals surface area (Å²) in [6.45, 7) is 5.94. The molecule has 1 aliphatic heterocycles. The summed E-state index contributed by atoms with van der Waals surface area (Å²) in [4.78, 5) is 31.9. The Morgan fingerprint density at radius 3 is 2.68 bits per heavy atom. The number of likely N-dealkylation sites (N-methyl/N-ethyl adjacent to an activating group) is 1. The summed E-state index contributed by atoms with van der Waals surface area (Å²) >= 11 is 0. The maximum Gasteiger partial charge on any atom is 0.271 e. The van der Waals surface area contributed by atoms with Crippen molar-refractivity contribution in [2.75, 3.05) is 20.1 Å². The van der Waals surface area contributed by atoms with E-state index in [1.54, 1.807) is 6.26 Å². The van der Waals surface area contributed by atoms with Crippen LogP contribution in [0.5, 0.6) is 0 Å². The number of furan rings is 1. The van der Waals surface area contributed by atoms with Crippen LogP contribution in [0.4, 0.5) is 0 Å². The van der Waals surface area contributed by atoms with Gasteiger partial charge in [-0.1, -0.05) is 39.0 Å². The van der Waals surface area contributed by atoms with Gasteiger partial charge in [0.25, 0.3) is 5.91 Å². The third-order valence-corrected chi connectivity index (χ3v) is 8.84. The first kappa shape index (κ1) is 23.5. The van der Waals surface area contributed by atoms with E-state index in [4.69, 9.17) is 4.42 Å². The van der Waals surface area contributed by atoms with Crippen LogP contribution in [-0.2, 0) is 11.3 Å². The van der Waals surface area contributed by atoms with Crippen LogP contribution in [-0.4, -0.2) is 63.9 Å². The SMILES string of the molecule is CC1CCCCC1NC(=O)C1(C)Cn2c(cc3occc32)C(=O)N1CCN(C)C1CCCCC1. The topological polar surface area (TPSA) is 70.7 Å². The zero-order chi connectivity index (χ0) is 23.9. The van der Waals surface area contributed by atoms with Gasteiger partial charge in [0.05, 0.1) is 18.3 Å². The predicted molar refractivity (Wildman–Crippen MR) is 133 cm³/mol. The van der Waals surface area contributed by atoms with E-state index in [0.717, 1.165) is 31.3 Å². The maximum atomic E-state index is 13.9. The highest BCUT2D eigenvalue weighted by molar-refractivity contribution is 6.02. The number of rotatable bonds is 6. The van der Waals surface area contributed by atoms with Gasteiger partial charge in [-0.05, 0) is 45.6 Å². The molecule has 7 heteroatoms. The number of nitrogens with zero attached hydrogens (tertiary/aromatic N) is 3. The molecule has 34 heavy (non-hydrogen) atoms. The monoisotopic (exact) mass is 468 g/mol. The smallest absolute Gasteiger partial charge is 0.271 e. The molecule has 2 aliphatic carbocycles. The fraction of sp³-hybridized carbons (Fsp3) is 0.704. The zero-order valence-electron chi connectivity index (χ0n) is 21.0. The van der Waals surface area contributed by atoms with Crippen molar-refractivity contribution in [1.82, 2.24) is 19.7 Å². The van der Waals surface area contributed by atoms with Gasteiger partial charge in [0.1, 0.15) is 11.2 Å². The third-order valence-electron chi connectivity index (χ3n) is 8.84. The molecule has 1 N–H and O–H groups in total. The molecule has 0 bridgehead atoms. The fourth-order valence-corrected chi connectivity index (χ4v) is 6.44. The van der Waals surface area contributed by atoms with Crippen molar-refractivity contribution in [1.29, 1.82) is 0 Å². The third kappa shape index (κ3) is 4.16. The fourth-order valence-electron chi connectivity index (χ4n) is 6.44. The van der Waals surface area contributed by atoms with Crippen molar-refractivity contribution >= 4 is 22.9 Å². The molecule has 3 heterocycles. The summed E-state index contributed by atoms with van der Waals surface area (Å²) < 4.78 is 7.57. The number of hydrogen-bond donors (Lipinski definition) is 1. The van der Waals surface area contributed by atoms with E-state index in [-0.39, 0.29) is 17.9 Å². The predicted octanol–water partition coefficient (Wildman–Crippen LogP) is 4.41. The Labute approximate surface area is 202 Å². The summed E-state index contributed by atoms with van der Waals surface area (Å²) in [6, 6.07) is 4.47. The molecule has 2 aromatic rings. The number of carbonyl (C=O) groups is 2. The maximum absolute atomic E-state index is 13.9. The minimum Gasteiger partial charge on any atom is -0.463 e. The number of fused-ring (bicyclic) bond motifs is 3. The van der Waals surface area contributed by atoms with Gasteiger partial charge in [-0.25, -0.2) is 0 Å². The Morgan fingerprint density at radius 2 is 1.91 bits per heavy atom. The van der Waals surface area contributed by atoms with Crippen molar-refractivity contribution in [3.8, 4) is 0 Å². The lowest BCUT2D eigenvalue weighted by molar-refractivity contribution is -0.134. The van der Waals surface area contributed by atoms with Gasteiger partial charge in [0.15, 0.2) is 5.58 Å². The molecule has 3 atom stereocenters. The van der Waals surface area contributed by atoms with E-state index in [0.29, 0.717) is 36.3 Å². The lowest BCUT2D eigenvalue weighted by atomic mass is 9.85. The molecule has 0 spiro atoms. The lowest BCUT2D eigenvalue weighted by Gasteiger charge is -2.46. The van der Waals surface area contributed by atoms with E-state index in [2.05, 4.69) is 24.2 Å². The Hall–Kier alpha value is -2.28. The van der Waals surface area contributed by atoms with Gasteiger partial charge in [0, 0.05) is 37.3 Å². The van der Waals surface area contributed by atoms with Gasteiger partial charge in [-0.15, -0.1) is 0 Å². The van der Waals surface area contributed by atoms with Crippen LogP contribution in [0.2, 0.25) is 0 Å². The second kappa shape index (κ2) is 9.40. The molecule has 3 aliphatic rings. The van der Waals surface area contributed by atoms with Gasteiger partial charge in [-0.3, -0.25) is 9.59 Å². The number of carbonyl (C=O) groups excluding carboxylic acids is 2. The van der Waals surface area contributed by atoms with Crippen LogP contribution in [0.3, 0.4) is 0 Å². The van der Waals surface area contributed by atoms with Crippen molar-refractivity contribution in [3.63, 3.8) is 0 Å². The number of hydrogen-bond acceptors (Lipinski definition) is 4. The molecule has 2 fully saturated rings. The molecular weight excluding hydrogens is 428 g/mol. The molecule has 3 unspecified atom stereocenters. The Bertz CT molecular complexity index is 1040. The van der Waals surface area contributed by atoms with Crippen molar-refractivity contribution in [2.45, 2.75) is 95.8 Å². The summed E-state index contributed by atoms with van der Waals surface area (Å²) in [5.41, 5.74) is 1.25. The van der Waals surface area contributed by atoms with Gasteiger partial charge < -0.3 is 24.1 Å². The van der Waals surface area contributed by atoms with E-state index < -0.39 is 5.54 Å². The molecule has 0 aromatic carbocycles. The quantitative estimate of drug-likeness (QED) is 0.682. The summed E-state index contributed by atoms with van der Waals surface area (Å²) in [7, 11) is 2.17. The van der Waals surface area contributed by atoms with Crippen LogP contribution in [0, 0.1) is 5.92 Å². The van der Waals surface area contributed by atoms with Crippen LogP contribution >= 0.6 is 0 Å². The van der Waals surface area contributed by atoms with Crippen molar-refractivity contribution in [2.24, 2.45) is 5.92 Å². The first-order chi connectivity index (χ1) is 16.4. The first-order valence-corrected chi connectivity index (χ1v) is 13.3. The zero-order valence-corrected chi connectivity index (χ0v) is 21.0. The summed E-state index contributed by atoms with van der Waals surface area (Å²) in [6.07, 6.45) is 12.5. The Balaban J connectivity index is 1.41. The van der Waals surface area contributed by atoms with Crippen LogP contribution in [0.1, 0.15) is 82.1 Å². The van der Waals surface area contributed by atoms with Crippen LogP contribution in [0.15, 0.2) is 22.8 Å². The molecule has 5 rings (SSSR count). The molecule has 2 aromatic heterocycles. The molecule has 2 amide bonds. The molecule has 186 valence electrons. The van der Waals surface area contributed by atoms with E-state index in [1.807, 2.05) is 28.5 Å².